The van der Waals surface area contributed by atoms with Crippen LogP contribution >= 0.6 is 20.0 Å². The number of phenols is 2. The third-order valence-corrected chi connectivity index (χ3v) is 19.5. The molecule has 0 amide bonds. The number of ether oxygens (including phenoxy) is 2. The van der Waals surface area contributed by atoms with Gasteiger partial charge in [-0.15, -0.1) is 0 Å². The minimum absolute atomic E-state index is 0.110. The van der Waals surface area contributed by atoms with E-state index >= 15 is 0 Å². The van der Waals surface area contributed by atoms with Crippen molar-refractivity contribution in [3.8, 4) is 23.0 Å². The molecule has 3 heterocycles. The Bertz CT molecular complexity index is 1270. The number of hydrogen-bond donors (Lipinski definition) is 2. The van der Waals surface area contributed by atoms with Crippen LogP contribution in [-0.2, 0) is 10.3 Å². The number of phenolic OH excluding ortho intramolecular Hbond substituents is 2. The van der Waals surface area contributed by atoms with Crippen LogP contribution in [0.5, 0.6) is 23.0 Å². The van der Waals surface area contributed by atoms with E-state index in [2.05, 4.69) is 0 Å². The van der Waals surface area contributed by atoms with Gasteiger partial charge in [0.25, 0.3) is 0 Å². The van der Waals surface area contributed by atoms with Crippen molar-refractivity contribution in [3.63, 3.8) is 0 Å². The molecule has 1 saturated heterocycles. The van der Waals surface area contributed by atoms with Crippen molar-refractivity contribution in [3.05, 3.63) is 76.3 Å². The normalized spacial score (nSPS) is 21.4. The van der Waals surface area contributed by atoms with E-state index in [-0.39, 0.29) is 11.5 Å². The molecule has 1 atom stereocenters. The molecule has 3 aromatic rings. The number of carbonyl (C=O) groups excluding carboxylic acids is 1. The first kappa shape index (κ1) is 19.5. The zero-order chi connectivity index (χ0) is 21.3. The molecule has 8 heteroatoms. The van der Waals surface area contributed by atoms with E-state index < -0.39 is 23.9 Å². The van der Waals surface area contributed by atoms with Crippen LogP contribution in [0.2, 0.25) is 0 Å². The molecule has 31 heavy (non-hydrogen) atoms. The summed E-state index contributed by atoms with van der Waals surface area (Å²) in [5, 5.41) is 21.3. The van der Waals surface area contributed by atoms with Crippen LogP contribution < -0.4 is 9.09 Å². The number of rotatable bonds is 1. The Hall–Kier alpha value is -2.21. The van der Waals surface area contributed by atoms with E-state index in [1.165, 1.54) is 0 Å². The molecule has 3 aliphatic rings. The van der Waals surface area contributed by atoms with Gasteiger partial charge in [-0.25, -0.2) is 0 Å². The monoisotopic (exact) mass is 512 g/mol. The maximum atomic E-state index is 13.0. The Labute approximate surface area is 190 Å². The second kappa shape index (κ2) is 6.89. The molecule has 156 valence electrons. The number of esters is 1. The summed E-state index contributed by atoms with van der Waals surface area (Å²) in [7, 11) is 3.80. The Morgan fingerprint density at radius 3 is 2.35 bits per heavy atom. The summed E-state index contributed by atoms with van der Waals surface area (Å²) in [4.78, 5) is 13.0. The fraction of sp³-hybridized carbons (Fsp3) is 0.174. The summed E-state index contributed by atoms with van der Waals surface area (Å²) in [5.74, 6) is 3.07. The van der Waals surface area contributed by atoms with Crippen molar-refractivity contribution in [1.82, 2.24) is 0 Å². The summed E-state index contributed by atoms with van der Waals surface area (Å²) in [6.07, 6.45) is 0. The molecule has 0 aromatic heterocycles. The number of fused-ring (bicyclic) bond motifs is 6. The summed E-state index contributed by atoms with van der Waals surface area (Å²) in [6, 6.07) is 14.3. The molecular weight excluding hydrogens is 495 g/mol. The Balaban J connectivity index is 1.73. The summed E-state index contributed by atoms with van der Waals surface area (Å²) in [5.41, 5.74) is 2.07. The number of carbonyl (C=O) groups is 1. The van der Waals surface area contributed by atoms with E-state index in [0.29, 0.717) is 28.2 Å². The van der Waals surface area contributed by atoms with Crippen LogP contribution in [0.1, 0.15) is 32.6 Å². The molecule has 5 nitrogen and oxygen atoms in total. The van der Waals surface area contributed by atoms with Gasteiger partial charge in [-0.2, -0.15) is 0 Å². The molecule has 0 radical (unpaired) electrons. The zero-order valence-electron chi connectivity index (χ0n) is 16.4. The molecule has 3 aromatic carbocycles. The molecule has 1 spiro atoms. The van der Waals surface area contributed by atoms with Crippen LogP contribution in [0.15, 0.2) is 48.5 Å². The van der Waals surface area contributed by atoms with E-state index in [4.69, 9.17) is 9.47 Å². The van der Waals surface area contributed by atoms with Crippen molar-refractivity contribution >= 4 is 42.7 Å². The molecule has 6 rings (SSSR count). The van der Waals surface area contributed by atoms with Gasteiger partial charge in [0.1, 0.15) is 0 Å². The Morgan fingerprint density at radius 2 is 1.58 bits per heavy atom. The quantitative estimate of drug-likeness (QED) is 0.375. The molecule has 0 saturated carbocycles. The first-order valence-corrected chi connectivity index (χ1v) is 17.2. The maximum absolute atomic E-state index is 13.0. The number of hydrogen-bond acceptors (Lipinski definition) is 7. The van der Waals surface area contributed by atoms with E-state index in [0.717, 1.165) is 27.0 Å². The SMILES string of the molecule is Cc1c(O)ccc2c1Oc1c(ccc(O)c1[As]1SCCS1)C21OC(=O)c2ccccc21. The Morgan fingerprint density at radius 1 is 0.903 bits per heavy atom. The second-order valence-electron chi connectivity index (χ2n) is 7.54. The predicted molar refractivity (Wildman–Crippen MR) is 123 cm³/mol. The zero-order valence-corrected chi connectivity index (χ0v) is 19.9. The summed E-state index contributed by atoms with van der Waals surface area (Å²) < 4.78 is 13.5. The first-order chi connectivity index (χ1) is 15.0. The standard InChI is InChI=1S/C23H17AsO5S2/c1-12-17(25)8-6-15-20(12)28-21-16(7-9-18(26)19(21)24-30-10-11-31-24)23(15)14-5-3-2-4-13(14)22(27)29-23/h2-9,25-26H,10-11H2,1H3. The minimum atomic E-state index is -1.67. The average Bonchev–Trinajstić information content (AvgIpc) is 3.39. The van der Waals surface area contributed by atoms with E-state index in [1.807, 2.05) is 38.2 Å². The van der Waals surface area contributed by atoms with Gasteiger partial charge in [-0.1, -0.05) is 0 Å². The van der Waals surface area contributed by atoms with Gasteiger partial charge >= 0.3 is 191 Å². The van der Waals surface area contributed by atoms with Crippen LogP contribution in [0, 0.1) is 6.92 Å². The van der Waals surface area contributed by atoms with Crippen LogP contribution in [0.4, 0.5) is 0 Å². The van der Waals surface area contributed by atoms with Crippen LogP contribution in [0.3, 0.4) is 0 Å². The summed E-state index contributed by atoms with van der Waals surface area (Å²) >= 11 is -1.67. The predicted octanol–water partition coefficient (Wildman–Crippen LogP) is 4.15. The Kier molecular flexibility index (Phi) is 4.33. The van der Waals surface area contributed by atoms with Gasteiger partial charge in [0.2, 0.25) is 0 Å². The van der Waals surface area contributed by atoms with E-state index in [9.17, 15) is 15.0 Å². The van der Waals surface area contributed by atoms with Crippen molar-refractivity contribution < 1.29 is 24.5 Å². The topological polar surface area (TPSA) is 76.0 Å². The number of benzene rings is 3. The van der Waals surface area contributed by atoms with Crippen molar-refractivity contribution in [1.29, 1.82) is 0 Å². The molecule has 2 N–H and O–H groups in total. The van der Waals surface area contributed by atoms with Gasteiger partial charge in [-0.05, 0) is 0 Å². The van der Waals surface area contributed by atoms with Gasteiger partial charge < -0.3 is 0 Å². The summed E-state index contributed by atoms with van der Waals surface area (Å²) in [6.45, 7) is 1.79. The van der Waals surface area contributed by atoms with Crippen molar-refractivity contribution in [2.75, 3.05) is 11.5 Å². The molecule has 1 unspecified atom stereocenters. The third-order valence-electron chi connectivity index (χ3n) is 5.91. The third kappa shape index (κ3) is 2.57. The van der Waals surface area contributed by atoms with Gasteiger partial charge in [0.15, 0.2) is 0 Å². The second-order valence-corrected chi connectivity index (χ2v) is 19.1. The van der Waals surface area contributed by atoms with Gasteiger partial charge in [-0.3, -0.25) is 0 Å². The van der Waals surface area contributed by atoms with Gasteiger partial charge in [0, 0.05) is 0 Å². The molecule has 1 fully saturated rings. The molecular formula is C23H17AsO5S2. The van der Waals surface area contributed by atoms with Crippen LogP contribution in [0.25, 0.3) is 0 Å². The fourth-order valence-corrected chi connectivity index (χ4v) is 19.3. The fourth-order valence-electron chi connectivity index (χ4n) is 4.48. The van der Waals surface area contributed by atoms with Crippen molar-refractivity contribution in [2.45, 2.75) is 12.5 Å². The van der Waals surface area contributed by atoms with Crippen molar-refractivity contribution in [2.24, 2.45) is 0 Å². The molecule has 3 aliphatic heterocycles. The van der Waals surface area contributed by atoms with E-state index in [1.54, 1.807) is 37.3 Å². The first-order valence-electron chi connectivity index (χ1n) is 9.78. The van der Waals surface area contributed by atoms with Crippen LogP contribution in [-0.4, -0.2) is 40.0 Å². The molecule has 0 aliphatic carbocycles. The number of aromatic hydroxyl groups is 2. The average molecular weight is 512 g/mol. The van der Waals surface area contributed by atoms with Gasteiger partial charge in [0.05, 0.1) is 0 Å². The molecule has 0 bridgehead atoms.